The molecule has 1 saturated heterocycles. The number of hydrogen-bond donors (Lipinski definition) is 1. The van der Waals surface area contributed by atoms with Gasteiger partial charge in [0.25, 0.3) is 0 Å². The van der Waals surface area contributed by atoms with Gasteiger partial charge in [0.2, 0.25) is 0 Å². The number of nitrogens with two attached hydrogens (primary N) is 1. The van der Waals surface area contributed by atoms with E-state index in [9.17, 15) is 0 Å². The largest absolute Gasteiger partial charge is 0.493 e. The lowest BCUT2D eigenvalue weighted by atomic mass is 9.75. The van der Waals surface area contributed by atoms with E-state index in [1.807, 2.05) is 0 Å². The number of likely N-dealkylation sites (tertiary alicyclic amines) is 1. The van der Waals surface area contributed by atoms with Crippen LogP contribution in [0.2, 0.25) is 0 Å². The fourth-order valence-electron chi connectivity index (χ4n) is 5.48. The molecule has 2 aliphatic rings. The van der Waals surface area contributed by atoms with E-state index in [2.05, 4.69) is 83.8 Å². The topological polar surface area (TPSA) is 47.7 Å². The Morgan fingerprint density at radius 2 is 1.69 bits per heavy atom. The van der Waals surface area contributed by atoms with Crippen LogP contribution < -0.4 is 10.5 Å². The van der Waals surface area contributed by atoms with Gasteiger partial charge in [0, 0.05) is 25.4 Å². The molecule has 0 aliphatic carbocycles. The molecule has 0 amide bonds. The van der Waals surface area contributed by atoms with Crippen LogP contribution in [0.1, 0.15) is 28.7 Å². The Morgan fingerprint density at radius 1 is 0.969 bits per heavy atom. The van der Waals surface area contributed by atoms with Crippen LogP contribution in [0.25, 0.3) is 0 Å². The van der Waals surface area contributed by atoms with E-state index in [-0.39, 0.29) is 6.73 Å². The van der Waals surface area contributed by atoms with Gasteiger partial charge in [-0.2, -0.15) is 0 Å². The molecule has 166 valence electrons. The Bertz CT molecular complexity index is 983. The van der Waals surface area contributed by atoms with Gasteiger partial charge in [-0.1, -0.05) is 72.8 Å². The van der Waals surface area contributed by atoms with Crippen molar-refractivity contribution >= 4 is 0 Å². The normalized spacial score (nSPS) is 18.5. The molecule has 4 nitrogen and oxygen atoms in total. The van der Waals surface area contributed by atoms with Crippen LogP contribution in [0, 0.1) is 5.92 Å². The summed E-state index contributed by atoms with van der Waals surface area (Å²) in [4.78, 5) is 2.58. The third-order valence-corrected chi connectivity index (χ3v) is 7.03. The summed E-state index contributed by atoms with van der Waals surface area (Å²) in [6.07, 6.45) is 3.17. The van der Waals surface area contributed by atoms with Crippen molar-refractivity contribution in [2.75, 3.05) is 33.0 Å². The van der Waals surface area contributed by atoms with E-state index in [0.29, 0.717) is 5.92 Å². The molecule has 0 radical (unpaired) electrons. The van der Waals surface area contributed by atoms with Crippen molar-refractivity contribution in [3.8, 4) is 5.75 Å². The SMILES string of the molecule is NCOC(c1ccccc1)(c1ccccc1)[C@@H]1CCN(CCc2ccc3c(c2)CCO3)C1. The fourth-order valence-corrected chi connectivity index (χ4v) is 5.48. The fraction of sp³-hybridized carbons (Fsp3) is 0.357. The molecular weight excluding hydrogens is 396 g/mol. The zero-order chi connectivity index (χ0) is 21.8. The molecule has 0 bridgehead atoms. The highest BCUT2D eigenvalue weighted by molar-refractivity contribution is 5.40. The first-order valence-electron chi connectivity index (χ1n) is 11.7. The molecule has 0 spiro atoms. The van der Waals surface area contributed by atoms with Gasteiger partial charge < -0.3 is 20.1 Å². The first-order chi connectivity index (χ1) is 15.8. The molecule has 4 heteroatoms. The summed E-state index contributed by atoms with van der Waals surface area (Å²) < 4.78 is 12.1. The summed E-state index contributed by atoms with van der Waals surface area (Å²) in [7, 11) is 0. The van der Waals surface area contributed by atoms with Crippen LogP contribution >= 0.6 is 0 Å². The van der Waals surface area contributed by atoms with Gasteiger partial charge in [-0.3, -0.25) is 0 Å². The molecule has 3 aromatic carbocycles. The second kappa shape index (κ2) is 9.45. The lowest BCUT2D eigenvalue weighted by Gasteiger charge is -2.40. The Balaban J connectivity index is 1.36. The van der Waals surface area contributed by atoms with Gasteiger partial charge in [0.15, 0.2) is 0 Å². The van der Waals surface area contributed by atoms with E-state index in [1.54, 1.807) is 0 Å². The van der Waals surface area contributed by atoms with Crippen molar-refractivity contribution in [2.45, 2.75) is 24.9 Å². The Hall–Kier alpha value is -2.66. The molecule has 0 aromatic heterocycles. The predicted molar refractivity (Wildman–Crippen MR) is 128 cm³/mol. The molecule has 3 aromatic rings. The van der Waals surface area contributed by atoms with Crippen LogP contribution in [0.3, 0.4) is 0 Å². The van der Waals surface area contributed by atoms with Crippen molar-refractivity contribution in [3.05, 3.63) is 101 Å². The molecule has 0 saturated carbocycles. The maximum Gasteiger partial charge on any atom is 0.124 e. The zero-order valence-corrected chi connectivity index (χ0v) is 18.6. The second-order valence-electron chi connectivity index (χ2n) is 8.86. The molecule has 2 aliphatic heterocycles. The second-order valence-corrected chi connectivity index (χ2v) is 8.86. The number of benzene rings is 3. The standard InChI is InChI=1S/C28H32N2O2/c29-21-32-28(24-7-3-1-4-8-24,25-9-5-2-6-10-25)26-14-17-30(20-26)16-13-22-11-12-27-23(19-22)15-18-31-27/h1-12,19,26H,13-18,20-21,29H2/t26-/m1/s1. The highest BCUT2D eigenvalue weighted by Crippen LogP contribution is 2.44. The molecule has 5 rings (SSSR count). The summed E-state index contributed by atoms with van der Waals surface area (Å²) in [5.41, 5.74) is 10.6. The molecule has 2 N–H and O–H groups in total. The van der Waals surface area contributed by atoms with Gasteiger partial charge in [-0.05, 0) is 47.7 Å². The Labute approximate surface area is 191 Å². The van der Waals surface area contributed by atoms with Gasteiger partial charge in [-0.15, -0.1) is 0 Å². The summed E-state index contributed by atoms with van der Waals surface area (Å²) in [6.45, 7) is 4.14. The maximum atomic E-state index is 6.48. The summed E-state index contributed by atoms with van der Waals surface area (Å²) in [5, 5.41) is 0. The van der Waals surface area contributed by atoms with E-state index < -0.39 is 5.60 Å². The predicted octanol–water partition coefficient (Wildman–Crippen LogP) is 4.36. The lowest BCUT2D eigenvalue weighted by Crippen LogP contribution is -2.42. The van der Waals surface area contributed by atoms with Crippen molar-refractivity contribution in [2.24, 2.45) is 11.7 Å². The lowest BCUT2D eigenvalue weighted by molar-refractivity contribution is -0.0566. The number of rotatable bonds is 8. The van der Waals surface area contributed by atoms with Crippen molar-refractivity contribution in [1.29, 1.82) is 0 Å². The molecule has 0 unspecified atom stereocenters. The number of nitrogens with zero attached hydrogens (tertiary/aromatic N) is 1. The van der Waals surface area contributed by atoms with Crippen LogP contribution in [-0.4, -0.2) is 37.9 Å². The van der Waals surface area contributed by atoms with E-state index in [1.165, 1.54) is 22.3 Å². The van der Waals surface area contributed by atoms with Gasteiger partial charge in [-0.25, -0.2) is 0 Å². The van der Waals surface area contributed by atoms with Gasteiger partial charge >= 0.3 is 0 Å². The van der Waals surface area contributed by atoms with Crippen molar-refractivity contribution in [3.63, 3.8) is 0 Å². The average molecular weight is 429 g/mol. The van der Waals surface area contributed by atoms with Crippen LogP contribution in [0.15, 0.2) is 78.9 Å². The van der Waals surface area contributed by atoms with E-state index >= 15 is 0 Å². The minimum atomic E-state index is -0.531. The molecule has 1 fully saturated rings. The number of fused-ring (bicyclic) bond motifs is 1. The number of hydrogen-bond acceptors (Lipinski definition) is 4. The third kappa shape index (κ3) is 4.06. The maximum absolute atomic E-state index is 6.48. The smallest absolute Gasteiger partial charge is 0.124 e. The zero-order valence-electron chi connectivity index (χ0n) is 18.6. The van der Waals surface area contributed by atoms with Gasteiger partial charge in [0.05, 0.1) is 13.3 Å². The minimum Gasteiger partial charge on any atom is -0.493 e. The van der Waals surface area contributed by atoms with Crippen LogP contribution in [-0.2, 0) is 23.2 Å². The molecule has 32 heavy (non-hydrogen) atoms. The monoisotopic (exact) mass is 428 g/mol. The van der Waals surface area contributed by atoms with Crippen molar-refractivity contribution < 1.29 is 9.47 Å². The Kier molecular flexibility index (Phi) is 6.26. The first-order valence-corrected chi connectivity index (χ1v) is 11.7. The highest BCUT2D eigenvalue weighted by Gasteiger charge is 2.45. The van der Waals surface area contributed by atoms with Crippen LogP contribution in [0.4, 0.5) is 0 Å². The summed E-state index contributed by atoms with van der Waals surface area (Å²) >= 11 is 0. The Morgan fingerprint density at radius 3 is 2.38 bits per heavy atom. The van der Waals surface area contributed by atoms with Crippen molar-refractivity contribution in [1.82, 2.24) is 4.90 Å². The highest BCUT2D eigenvalue weighted by atomic mass is 16.5. The first kappa shape index (κ1) is 21.2. The third-order valence-electron chi connectivity index (χ3n) is 7.03. The molecule has 2 heterocycles. The van der Waals surface area contributed by atoms with E-state index in [0.717, 1.165) is 51.3 Å². The van der Waals surface area contributed by atoms with Crippen LogP contribution in [0.5, 0.6) is 5.75 Å². The minimum absolute atomic E-state index is 0.192. The quantitative estimate of drug-likeness (QED) is 0.542. The van der Waals surface area contributed by atoms with E-state index in [4.69, 9.17) is 15.2 Å². The number of ether oxygens (including phenoxy) is 2. The molecular formula is C28H32N2O2. The molecule has 1 atom stereocenters. The average Bonchev–Trinajstić information content (AvgIpc) is 3.52. The summed E-state index contributed by atoms with van der Waals surface area (Å²) in [6, 6.07) is 27.9. The van der Waals surface area contributed by atoms with Gasteiger partial charge in [0.1, 0.15) is 11.4 Å². The summed E-state index contributed by atoms with van der Waals surface area (Å²) in [5.74, 6) is 1.40.